The Morgan fingerprint density at radius 1 is 1.13 bits per heavy atom. The molecular formula is C24H26ClNO4. The predicted octanol–water partition coefficient (Wildman–Crippen LogP) is 5.28. The zero-order chi connectivity index (χ0) is 21.1. The third kappa shape index (κ3) is 4.09. The second-order valence-corrected chi connectivity index (χ2v) is 8.60. The van der Waals surface area contributed by atoms with Crippen molar-refractivity contribution in [3.63, 3.8) is 0 Å². The Hall–Kier alpha value is -2.37. The van der Waals surface area contributed by atoms with Crippen LogP contribution in [0.25, 0.3) is 0 Å². The number of ether oxygens (including phenoxy) is 2. The number of nitrogens with zero attached hydrogens (tertiary/aromatic N) is 1. The van der Waals surface area contributed by atoms with Gasteiger partial charge in [-0.2, -0.15) is 0 Å². The fourth-order valence-electron chi connectivity index (χ4n) is 4.74. The number of benzene rings is 2. The highest BCUT2D eigenvalue weighted by molar-refractivity contribution is 6.30. The van der Waals surface area contributed by atoms with Crippen molar-refractivity contribution in [1.82, 2.24) is 4.90 Å². The number of rotatable bonds is 5. The molecule has 0 aromatic heterocycles. The molecule has 1 aliphatic heterocycles. The lowest BCUT2D eigenvalue weighted by Crippen LogP contribution is -2.42. The maximum absolute atomic E-state index is 13.5. The van der Waals surface area contributed by atoms with E-state index in [1.165, 1.54) is 4.90 Å². The molecule has 6 heteroatoms. The van der Waals surface area contributed by atoms with Crippen LogP contribution in [0.3, 0.4) is 0 Å². The summed E-state index contributed by atoms with van der Waals surface area (Å²) >= 11 is 6.10. The van der Waals surface area contributed by atoms with Crippen LogP contribution >= 0.6 is 11.6 Å². The van der Waals surface area contributed by atoms with Crippen LogP contribution in [-0.4, -0.2) is 36.7 Å². The molecule has 1 saturated carbocycles. The highest BCUT2D eigenvalue weighted by Gasteiger charge is 2.44. The van der Waals surface area contributed by atoms with Gasteiger partial charge < -0.3 is 9.47 Å². The van der Waals surface area contributed by atoms with Crippen LogP contribution in [0.4, 0.5) is 4.79 Å². The second-order valence-electron chi connectivity index (χ2n) is 8.17. The summed E-state index contributed by atoms with van der Waals surface area (Å²) in [5.74, 6) is -0.197. The third-order valence-electron chi connectivity index (χ3n) is 6.50. The number of hydrogen-bond acceptors (Lipinski definition) is 4. The van der Waals surface area contributed by atoms with Crippen molar-refractivity contribution in [1.29, 1.82) is 0 Å². The highest BCUT2D eigenvalue weighted by Crippen LogP contribution is 2.44. The first kappa shape index (κ1) is 20.9. The monoisotopic (exact) mass is 427 g/mol. The molecule has 1 saturated heterocycles. The summed E-state index contributed by atoms with van der Waals surface area (Å²) in [5, 5.41) is 0.665. The van der Waals surface area contributed by atoms with Crippen molar-refractivity contribution in [2.45, 2.75) is 49.7 Å². The first-order chi connectivity index (χ1) is 14.5. The summed E-state index contributed by atoms with van der Waals surface area (Å²) in [7, 11) is 1.73. The lowest BCUT2D eigenvalue weighted by Gasteiger charge is -2.40. The third-order valence-corrected chi connectivity index (χ3v) is 6.75. The number of imide groups is 1. The molecular weight excluding hydrogens is 402 g/mol. The van der Waals surface area contributed by atoms with Crippen LogP contribution < -0.4 is 0 Å². The summed E-state index contributed by atoms with van der Waals surface area (Å²) in [4.78, 5) is 27.2. The first-order valence-corrected chi connectivity index (χ1v) is 10.7. The van der Waals surface area contributed by atoms with Crippen molar-refractivity contribution < 1.29 is 19.1 Å². The van der Waals surface area contributed by atoms with E-state index < -0.39 is 6.09 Å². The Labute approximate surface area is 181 Å². The summed E-state index contributed by atoms with van der Waals surface area (Å²) < 4.78 is 10.8. The number of amides is 2. The number of carbonyl (C=O) groups is 2. The van der Waals surface area contributed by atoms with Gasteiger partial charge in [0.1, 0.15) is 12.6 Å². The topological polar surface area (TPSA) is 55.8 Å². The normalized spacial score (nSPS) is 26.5. The van der Waals surface area contributed by atoms with E-state index in [1.54, 1.807) is 7.11 Å². The molecule has 30 heavy (non-hydrogen) atoms. The number of hydrogen-bond donors (Lipinski definition) is 0. The molecule has 2 fully saturated rings. The van der Waals surface area contributed by atoms with E-state index in [0.717, 1.165) is 36.8 Å². The zero-order valence-electron chi connectivity index (χ0n) is 17.1. The number of cyclic esters (lactones) is 1. The molecule has 0 bridgehead atoms. The Balaban J connectivity index is 1.61. The summed E-state index contributed by atoms with van der Waals surface area (Å²) in [6.45, 7) is 0.189. The van der Waals surface area contributed by atoms with Crippen molar-refractivity contribution in [2.24, 2.45) is 0 Å². The van der Waals surface area contributed by atoms with Crippen molar-refractivity contribution in [2.75, 3.05) is 13.7 Å². The van der Waals surface area contributed by atoms with Crippen molar-refractivity contribution in [3.05, 3.63) is 70.7 Å². The van der Waals surface area contributed by atoms with Crippen LogP contribution in [-0.2, 0) is 19.7 Å². The van der Waals surface area contributed by atoms with Gasteiger partial charge in [-0.05, 0) is 48.9 Å². The SMILES string of the molecule is COC1CCC(CC(=O)N2C(=O)OCC2c2ccccc2)(c2ccc(Cl)cc2)CC1. The predicted molar refractivity (Wildman–Crippen MR) is 114 cm³/mol. The summed E-state index contributed by atoms with van der Waals surface area (Å²) in [6, 6.07) is 16.9. The first-order valence-electron chi connectivity index (χ1n) is 10.3. The molecule has 2 aliphatic rings. The molecule has 0 spiro atoms. The van der Waals surface area contributed by atoms with Gasteiger partial charge in [0.05, 0.1) is 6.10 Å². The average molecular weight is 428 g/mol. The van der Waals surface area contributed by atoms with Crippen LogP contribution in [0.15, 0.2) is 54.6 Å². The van der Waals surface area contributed by atoms with Gasteiger partial charge in [0.15, 0.2) is 0 Å². The fraction of sp³-hybridized carbons (Fsp3) is 0.417. The summed E-state index contributed by atoms with van der Waals surface area (Å²) in [5.41, 5.74) is 1.64. The Bertz CT molecular complexity index is 891. The lowest BCUT2D eigenvalue weighted by atomic mass is 9.66. The molecule has 2 aromatic rings. The van der Waals surface area contributed by atoms with E-state index >= 15 is 0 Å². The number of carbonyl (C=O) groups excluding carboxylic acids is 2. The molecule has 5 nitrogen and oxygen atoms in total. The minimum atomic E-state index is -0.564. The molecule has 2 amide bonds. The molecule has 0 N–H and O–H groups in total. The van der Waals surface area contributed by atoms with Gasteiger partial charge in [-0.15, -0.1) is 0 Å². The van der Waals surface area contributed by atoms with Gasteiger partial charge >= 0.3 is 6.09 Å². The van der Waals surface area contributed by atoms with Gasteiger partial charge in [-0.25, -0.2) is 9.69 Å². The Morgan fingerprint density at radius 2 is 1.80 bits per heavy atom. The quantitative estimate of drug-likeness (QED) is 0.651. The van der Waals surface area contributed by atoms with Gasteiger partial charge in [0.2, 0.25) is 5.91 Å². The van der Waals surface area contributed by atoms with Crippen LogP contribution in [0.5, 0.6) is 0 Å². The average Bonchev–Trinajstić information content (AvgIpc) is 3.17. The highest BCUT2D eigenvalue weighted by atomic mass is 35.5. The van der Waals surface area contributed by atoms with E-state index in [1.807, 2.05) is 54.6 Å². The van der Waals surface area contributed by atoms with E-state index in [4.69, 9.17) is 21.1 Å². The standard InChI is InChI=1S/C24H26ClNO4/c1-29-20-11-13-24(14-12-20,18-7-9-19(25)10-8-18)15-22(27)26-21(16-30-23(26)28)17-5-3-2-4-6-17/h2-10,20-21H,11-16H2,1H3. The van der Waals surface area contributed by atoms with E-state index in [2.05, 4.69) is 0 Å². The molecule has 0 radical (unpaired) electrons. The second kappa shape index (κ2) is 8.78. The largest absolute Gasteiger partial charge is 0.446 e. The van der Waals surface area contributed by atoms with E-state index in [0.29, 0.717) is 5.02 Å². The smallest absolute Gasteiger partial charge is 0.417 e. The minimum Gasteiger partial charge on any atom is -0.446 e. The number of halogens is 1. The molecule has 158 valence electrons. The van der Waals surface area contributed by atoms with Crippen molar-refractivity contribution >= 4 is 23.6 Å². The van der Waals surface area contributed by atoms with Gasteiger partial charge in [0, 0.05) is 24.0 Å². The van der Waals surface area contributed by atoms with E-state index in [-0.39, 0.29) is 36.5 Å². The molecule has 2 aromatic carbocycles. The minimum absolute atomic E-state index is 0.189. The molecule has 1 unspecified atom stereocenters. The van der Waals surface area contributed by atoms with Gasteiger partial charge in [-0.1, -0.05) is 54.1 Å². The molecule has 1 atom stereocenters. The zero-order valence-corrected chi connectivity index (χ0v) is 17.8. The van der Waals surface area contributed by atoms with Crippen LogP contribution in [0, 0.1) is 0 Å². The maximum atomic E-state index is 13.5. The van der Waals surface area contributed by atoms with Gasteiger partial charge in [0.25, 0.3) is 0 Å². The fourth-order valence-corrected chi connectivity index (χ4v) is 4.87. The van der Waals surface area contributed by atoms with E-state index in [9.17, 15) is 9.59 Å². The van der Waals surface area contributed by atoms with Gasteiger partial charge in [-0.3, -0.25) is 4.79 Å². The molecule has 1 heterocycles. The van der Waals surface area contributed by atoms with Crippen LogP contribution in [0.2, 0.25) is 5.02 Å². The summed E-state index contributed by atoms with van der Waals surface area (Å²) in [6.07, 6.45) is 3.27. The molecule has 1 aliphatic carbocycles. The molecule has 4 rings (SSSR count). The van der Waals surface area contributed by atoms with Crippen molar-refractivity contribution in [3.8, 4) is 0 Å². The Morgan fingerprint density at radius 3 is 2.43 bits per heavy atom. The van der Waals surface area contributed by atoms with Crippen LogP contribution in [0.1, 0.15) is 49.3 Å². The number of methoxy groups -OCH3 is 1. The lowest BCUT2D eigenvalue weighted by molar-refractivity contribution is -0.131. The maximum Gasteiger partial charge on any atom is 0.417 e. The Kier molecular flexibility index (Phi) is 6.11.